The van der Waals surface area contributed by atoms with Gasteiger partial charge in [0, 0.05) is 19.0 Å². The molecule has 1 amide bonds. The minimum Gasteiger partial charge on any atom is -0.352 e. The Morgan fingerprint density at radius 1 is 1.29 bits per heavy atom. The molecule has 134 valence electrons. The van der Waals surface area contributed by atoms with Crippen molar-refractivity contribution in [2.75, 3.05) is 12.3 Å². The molecule has 0 fully saturated rings. The SMILES string of the molecule is CCCCC(CN)NC(=O)CCS(=O)(=O)c1ccc2c(c1)CCC2. The molecule has 0 aromatic heterocycles. The van der Waals surface area contributed by atoms with Crippen molar-refractivity contribution in [2.45, 2.75) is 62.8 Å². The summed E-state index contributed by atoms with van der Waals surface area (Å²) in [5.41, 5.74) is 8.03. The number of benzene rings is 1. The van der Waals surface area contributed by atoms with Crippen LogP contribution in [0.25, 0.3) is 0 Å². The summed E-state index contributed by atoms with van der Waals surface area (Å²) < 4.78 is 24.9. The third-order valence-corrected chi connectivity index (χ3v) is 6.30. The van der Waals surface area contributed by atoms with Crippen molar-refractivity contribution in [3.8, 4) is 0 Å². The first-order valence-electron chi connectivity index (χ1n) is 8.80. The van der Waals surface area contributed by atoms with Gasteiger partial charge in [0.1, 0.15) is 0 Å². The van der Waals surface area contributed by atoms with Crippen LogP contribution in [-0.4, -0.2) is 32.7 Å². The van der Waals surface area contributed by atoms with E-state index in [9.17, 15) is 13.2 Å². The Bertz CT molecular complexity index is 671. The monoisotopic (exact) mass is 352 g/mol. The van der Waals surface area contributed by atoms with Crippen LogP contribution in [0, 0.1) is 0 Å². The molecule has 0 saturated heterocycles. The lowest BCUT2D eigenvalue weighted by atomic mass is 10.1. The van der Waals surface area contributed by atoms with E-state index < -0.39 is 9.84 Å². The molecule has 0 spiro atoms. The standard InChI is InChI=1S/C18H28N2O3S/c1-2-3-7-16(13-19)20-18(21)10-11-24(22,23)17-9-8-14-5-4-6-15(14)12-17/h8-9,12,16H,2-7,10-11,13,19H2,1H3,(H,20,21). The summed E-state index contributed by atoms with van der Waals surface area (Å²) in [6.45, 7) is 2.46. The molecule has 0 saturated carbocycles. The van der Waals surface area contributed by atoms with Gasteiger partial charge in [-0.3, -0.25) is 4.79 Å². The number of hydrogen-bond acceptors (Lipinski definition) is 4. The zero-order valence-corrected chi connectivity index (χ0v) is 15.2. The second kappa shape index (κ2) is 8.62. The van der Waals surface area contributed by atoms with Crippen LogP contribution in [-0.2, 0) is 27.5 Å². The van der Waals surface area contributed by atoms with Crippen molar-refractivity contribution in [1.82, 2.24) is 5.32 Å². The zero-order valence-electron chi connectivity index (χ0n) is 14.4. The van der Waals surface area contributed by atoms with E-state index in [-0.39, 0.29) is 24.1 Å². The Morgan fingerprint density at radius 3 is 2.75 bits per heavy atom. The Balaban J connectivity index is 1.91. The van der Waals surface area contributed by atoms with Crippen molar-refractivity contribution in [1.29, 1.82) is 0 Å². The van der Waals surface area contributed by atoms with Gasteiger partial charge in [0.15, 0.2) is 9.84 Å². The summed E-state index contributed by atoms with van der Waals surface area (Å²) in [6, 6.07) is 5.28. The van der Waals surface area contributed by atoms with Gasteiger partial charge in [-0.1, -0.05) is 25.8 Å². The number of nitrogens with two attached hydrogens (primary N) is 1. The topological polar surface area (TPSA) is 89.3 Å². The number of nitrogens with one attached hydrogen (secondary N) is 1. The van der Waals surface area contributed by atoms with E-state index in [0.29, 0.717) is 11.4 Å². The van der Waals surface area contributed by atoms with Crippen molar-refractivity contribution in [2.24, 2.45) is 5.73 Å². The van der Waals surface area contributed by atoms with E-state index in [1.165, 1.54) is 5.56 Å². The molecule has 0 bridgehead atoms. The molecular weight excluding hydrogens is 324 g/mol. The molecule has 5 nitrogen and oxygen atoms in total. The second-order valence-electron chi connectivity index (χ2n) is 6.50. The number of carbonyl (C=O) groups excluding carboxylic acids is 1. The number of hydrogen-bond donors (Lipinski definition) is 2. The van der Waals surface area contributed by atoms with Gasteiger partial charge in [0.05, 0.1) is 10.6 Å². The summed E-state index contributed by atoms with van der Waals surface area (Å²) in [4.78, 5) is 12.3. The van der Waals surface area contributed by atoms with Gasteiger partial charge in [-0.25, -0.2) is 8.42 Å². The molecule has 2 rings (SSSR count). The molecule has 1 aromatic rings. The van der Waals surface area contributed by atoms with Crippen LogP contribution in [0.2, 0.25) is 0 Å². The van der Waals surface area contributed by atoms with E-state index in [1.807, 2.05) is 6.07 Å². The van der Waals surface area contributed by atoms with Crippen LogP contribution in [0.1, 0.15) is 50.2 Å². The Labute approximate surface area is 144 Å². The smallest absolute Gasteiger partial charge is 0.221 e. The fourth-order valence-electron chi connectivity index (χ4n) is 3.09. The third-order valence-electron chi connectivity index (χ3n) is 4.58. The highest BCUT2D eigenvalue weighted by Gasteiger charge is 2.20. The molecule has 3 N–H and O–H groups in total. The van der Waals surface area contributed by atoms with Crippen LogP contribution < -0.4 is 11.1 Å². The fourth-order valence-corrected chi connectivity index (χ4v) is 4.37. The van der Waals surface area contributed by atoms with Crippen LogP contribution in [0.3, 0.4) is 0 Å². The first-order chi connectivity index (χ1) is 11.5. The molecule has 1 aliphatic rings. The predicted molar refractivity (Wildman–Crippen MR) is 95.6 cm³/mol. The molecule has 1 aromatic carbocycles. The van der Waals surface area contributed by atoms with E-state index in [2.05, 4.69) is 12.2 Å². The van der Waals surface area contributed by atoms with Gasteiger partial charge in [0.2, 0.25) is 5.91 Å². The predicted octanol–water partition coefficient (Wildman–Crippen LogP) is 1.97. The minimum absolute atomic E-state index is 0.0258. The molecule has 0 aliphatic heterocycles. The molecule has 1 atom stereocenters. The highest BCUT2D eigenvalue weighted by molar-refractivity contribution is 7.91. The Hall–Kier alpha value is -1.40. The van der Waals surface area contributed by atoms with Gasteiger partial charge in [-0.05, 0) is 48.9 Å². The first-order valence-corrected chi connectivity index (χ1v) is 10.5. The second-order valence-corrected chi connectivity index (χ2v) is 8.60. The summed E-state index contributed by atoms with van der Waals surface area (Å²) in [5, 5.41) is 2.84. The van der Waals surface area contributed by atoms with Crippen molar-refractivity contribution in [3.05, 3.63) is 29.3 Å². The molecule has 1 unspecified atom stereocenters. The maximum atomic E-state index is 12.5. The number of unbranched alkanes of at least 4 members (excludes halogenated alkanes) is 1. The summed E-state index contributed by atoms with van der Waals surface area (Å²) in [6.07, 6.45) is 5.89. The number of sulfone groups is 1. The lowest BCUT2D eigenvalue weighted by Gasteiger charge is -2.16. The van der Waals surface area contributed by atoms with Crippen LogP contribution in [0.4, 0.5) is 0 Å². The Morgan fingerprint density at radius 2 is 2.04 bits per heavy atom. The number of amides is 1. The maximum Gasteiger partial charge on any atom is 0.221 e. The highest BCUT2D eigenvalue weighted by atomic mass is 32.2. The Kier molecular flexibility index (Phi) is 6.80. The molecule has 0 heterocycles. The fraction of sp³-hybridized carbons (Fsp3) is 0.611. The highest BCUT2D eigenvalue weighted by Crippen LogP contribution is 2.25. The normalized spacial score (nSPS) is 15.1. The van der Waals surface area contributed by atoms with Gasteiger partial charge in [-0.2, -0.15) is 0 Å². The quantitative estimate of drug-likeness (QED) is 0.711. The number of aryl methyl sites for hydroxylation is 2. The van der Waals surface area contributed by atoms with Crippen molar-refractivity contribution < 1.29 is 13.2 Å². The van der Waals surface area contributed by atoms with E-state index in [1.54, 1.807) is 12.1 Å². The summed E-state index contributed by atoms with van der Waals surface area (Å²) in [5.74, 6) is -0.408. The summed E-state index contributed by atoms with van der Waals surface area (Å²) in [7, 11) is -3.43. The van der Waals surface area contributed by atoms with Crippen molar-refractivity contribution >= 4 is 15.7 Å². The first kappa shape index (κ1) is 18.9. The van der Waals surface area contributed by atoms with Gasteiger partial charge < -0.3 is 11.1 Å². The molecule has 24 heavy (non-hydrogen) atoms. The maximum absolute atomic E-state index is 12.5. The molecule has 1 aliphatic carbocycles. The molecular formula is C18H28N2O3S. The molecule has 0 radical (unpaired) electrons. The van der Waals surface area contributed by atoms with E-state index in [4.69, 9.17) is 5.73 Å². The zero-order chi connectivity index (χ0) is 17.6. The van der Waals surface area contributed by atoms with Gasteiger partial charge >= 0.3 is 0 Å². The average molecular weight is 353 g/mol. The van der Waals surface area contributed by atoms with Crippen LogP contribution in [0.5, 0.6) is 0 Å². The largest absolute Gasteiger partial charge is 0.352 e. The van der Waals surface area contributed by atoms with E-state index >= 15 is 0 Å². The lowest BCUT2D eigenvalue weighted by molar-refractivity contribution is -0.121. The minimum atomic E-state index is -3.43. The number of fused-ring (bicyclic) bond motifs is 1. The van der Waals surface area contributed by atoms with Gasteiger partial charge in [-0.15, -0.1) is 0 Å². The third kappa shape index (κ3) is 5.05. The van der Waals surface area contributed by atoms with E-state index in [0.717, 1.165) is 44.1 Å². The number of carbonyl (C=O) groups is 1. The van der Waals surface area contributed by atoms with Gasteiger partial charge in [0.25, 0.3) is 0 Å². The number of rotatable bonds is 9. The average Bonchev–Trinajstić information content (AvgIpc) is 3.04. The van der Waals surface area contributed by atoms with Crippen molar-refractivity contribution in [3.63, 3.8) is 0 Å². The van der Waals surface area contributed by atoms with Crippen LogP contribution in [0.15, 0.2) is 23.1 Å². The molecule has 6 heteroatoms. The lowest BCUT2D eigenvalue weighted by Crippen LogP contribution is -2.40. The summed E-state index contributed by atoms with van der Waals surface area (Å²) >= 11 is 0. The van der Waals surface area contributed by atoms with Crippen LogP contribution >= 0.6 is 0 Å².